The van der Waals surface area contributed by atoms with Crippen LogP contribution in [-0.2, 0) is 17.7 Å². The number of rotatable bonds is 5. The Hall–Kier alpha value is -2.25. The van der Waals surface area contributed by atoms with Crippen molar-refractivity contribution in [3.05, 3.63) is 60.2 Å². The molecule has 1 aliphatic rings. The number of hydrogen-bond donors (Lipinski definition) is 1. The predicted octanol–water partition coefficient (Wildman–Crippen LogP) is 1.60. The molecule has 2 aromatic heterocycles. The Labute approximate surface area is 137 Å². The van der Waals surface area contributed by atoms with Crippen LogP contribution in [0, 0.1) is 0 Å². The molecule has 118 valence electrons. The average Bonchev–Trinajstić information content (AvgIpc) is 3.02. The second-order valence-electron chi connectivity index (χ2n) is 5.81. The van der Waals surface area contributed by atoms with Crippen LogP contribution in [0.3, 0.4) is 0 Å². The zero-order valence-electron chi connectivity index (χ0n) is 12.2. The van der Waals surface area contributed by atoms with Gasteiger partial charge in [-0.05, 0) is 30.0 Å². The first-order chi connectivity index (χ1) is 11.1. The Bertz CT molecular complexity index is 799. The molecule has 7 nitrogen and oxygen atoms in total. The summed E-state index contributed by atoms with van der Waals surface area (Å²) in [5.41, 5.74) is -0.973. The van der Waals surface area contributed by atoms with Crippen molar-refractivity contribution in [2.75, 3.05) is 0 Å². The molecule has 0 aliphatic heterocycles. The van der Waals surface area contributed by atoms with E-state index < -0.39 is 11.1 Å². The van der Waals surface area contributed by atoms with Crippen LogP contribution in [0.2, 0.25) is 5.28 Å². The minimum Gasteiger partial charge on any atom is -0.381 e. The monoisotopic (exact) mass is 330 g/mol. The van der Waals surface area contributed by atoms with Crippen LogP contribution in [0.15, 0.2) is 49.3 Å². The van der Waals surface area contributed by atoms with Crippen molar-refractivity contribution in [3.63, 3.8) is 0 Å². The summed E-state index contributed by atoms with van der Waals surface area (Å²) in [5, 5.41) is 20.2. The molecule has 1 fully saturated rings. The third-order valence-corrected chi connectivity index (χ3v) is 4.68. The fourth-order valence-corrected chi connectivity index (χ4v) is 3.29. The molecule has 1 atom stereocenters. The molecule has 1 N–H and O–H groups in total. The molecule has 1 saturated carbocycles. The maximum Gasteiger partial charge on any atom is 0.242 e. The second kappa shape index (κ2) is 5.14. The van der Waals surface area contributed by atoms with Crippen LogP contribution in [0.25, 0.3) is 0 Å². The fraction of sp³-hybridized carbons (Fsp3) is 0.333. The summed E-state index contributed by atoms with van der Waals surface area (Å²) in [4.78, 5) is 7.96. The summed E-state index contributed by atoms with van der Waals surface area (Å²) < 4.78 is 3.31. The van der Waals surface area contributed by atoms with Crippen molar-refractivity contribution >= 4 is 11.6 Å². The first kappa shape index (κ1) is 14.3. The lowest BCUT2D eigenvalue weighted by Crippen LogP contribution is -2.47. The SMILES string of the molecule is OC(Cn1cncn1)(c1ccccc1)C1(n2cnc(Cl)n2)CC1. The number of benzene rings is 1. The van der Waals surface area contributed by atoms with Gasteiger partial charge in [0.2, 0.25) is 5.28 Å². The highest BCUT2D eigenvalue weighted by atomic mass is 35.5. The van der Waals surface area contributed by atoms with Crippen LogP contribution in [-0.4, -0.2) is 34.6 Å². The van der Waals surface area contributed by atoms with E-state index in [2.05, 4.69) is 20.2 Å². The van der Waals surface area contributed by atoms with Gasteiger partial charge in [0, 0.05) is 0 Å². The van der Waals surface area contributed by atoms with Gasteiger partial charge in [-0.15, -0.1) is 5.10 Å². The standard InChI is InChI=1S/C15H15ClN6O/c16-13-18-11-22(20-13)14(6-7-14)15(23,8-21-10-17-9-19-21)12-4-2-1-3-5-12/h1-5,9-11,23H,6-8H2. The van der Waals surface area contributed by atoms with Gasteiger partial charge in [0.15, 0.2) is 0 Å². The number of hydrogen-bond acceptors (Lipinski definition) is 5. The van der Waals surface area contributed by atoms with Gasteiger partial charge in [0.25, 0.3) is 0 Å². The van der Waals surface area contributed by atoms with Crippen molar-refractivity contribution in [1.29, 1.82) is 0 Å². The summed E-state index contributed by atoms with van der Waals surface area (Å²) >= 11 is 5.88. The molecule has 1 unspecified atom stereocenters. The maximum absolute atomic E-state index is 11.7. The molecular formula is C15H15ClN6O. The lowest BCUT2D eigenvalue weighted by Gasteiger charge is -2.37. The van der Waals surface area contributed by atoms with Crippen molar-refractivity contribution in [3.8, 4) is 0 Å². The van der Waals surface area contributed by atoms with Gasteiger partial charge in [-0.2, -0.15) is 5.10 Å². The van der Waals surface area contributed by atoms with E-state index in [-0.39, 0.29) is 11.8 Å². The quantitative estimate of drug-likeness (QED) is 0.768. The molecule has 0 saturated heterocycles. The topological polar surface area (TPSA) is 81.6 Å². The van der Waals surface area contributed by atoms with E-state index in [1.54, 1.807) is 22.0 Å². The maximum atomic E-state index is 11.7. The van der Waals surface area contributed by atoms with Gasteiger partial charge in [-0.3, -0.25) is 0 Å². The van der Waals surface area contributed by atoms with Gasteiger partial charge in [0.05, 0.1) is 12.1 Å². The normalized spacial score (nSPS) is 18.5. The molecule has 0 radical (unpaired) electrons. The van der Waals surface area contributed by atoms with E-state index >= 15 is 0 Å². The number of halogens is 1. The predicted molar refractivity (Wildman–Crippen MR) is 82.6 cm³/mol. The van der Waals surface area contributed by atoms with Crippen LogP contribution >= 0.6 is 11.6 Å². The van der Waals surface area contributed by atoms with Gasteiger partial charge in [0.1, 0.15) is 24.6 Å². The van der Waals surface area contributed by atoms with Gasteiger partial charge in [-0.1, -0.05) is 30.3 Å². The first-order valence-electron chi connectivity index (χ1n) is 7.32. The third kappa shape index (κ3) is 2.24. The largest absolute Gasteiger partial charge is 0.381 e. The molecule has 1 aromatic carbocycles. The van der Waals surface area contributed by atoms with E-state index in [0.717, 1.165) is 18.4 Å². The fourth-order valence-electron chi connectivity index (χ4n) is 3.17. The van der Waals surface area contributed by atoms with Crippen molar-refractivity contribution in [2.24, 2.45) is 0 Å². The van der Waals surface area contributed by atoms with Crippen LogP contribution < -0.4 is 0 Å². The van der Waals surface area contributed by atoms with Crippen molar-refractivity contribution in [1.82, 2.24) is 29.5 Å². The molecule has 8 heteroatoms. The molecule has 0 bridgehead atoms. The minimum absolute atomic E-state index is 0.174. The Morgan fingerprint density at radius 2 is 2.00 bits per heavy atom. The Morgan fingerprint density at radius 1 is 1.22 bits per heavy atom. The van der Waals surface area contributed by atoms with E-state index in [1.165, 1.54) is 6.33 Å². The number of aliphatic hydroxyl groups is 1. The smallest absolute Gasteiger partial charge is 0.242 e. The molecule has 0 amide bonds. The summed E-state index contributed by atoms with van der Waals surface area (Å²) in [7, 11) is 0. The molecule has 0 spiro atoms. The highest BCUT2D eigenvalue weighted by molar-refractivity contribution is 6.28. The molecule has 4 rings (SSSR count). The molecule has 2 heterocycles. The minimum atomic E-state index is -1.20. The van der Waals surface area contributed by atoms with Gasteiger partial charge >= 0.3 is 0 Å². The highest BCUT2D eigenvalue weighted by Crippen LogP contribution is 2.56. The van der Waals surface area contributed by atoms with Gasteiger partial charge in [-0.25, -0.2) is 19.3 Å². The summed E-state index contributed by atoms with van der Waals surface area (Å²) in [6.07, 6.45) is 6.19. The second-order valence-corrected chi connectivity index (χ2v) is 6.15. The van der Waals surface area contributed by atoms with E-state index in [1.807, 2.05) is 30.3 Å². The summed E-state index contributed by atoms with van der Waals surface area (Å²) in [5.74, 6) is 0. The zero-order chi connectivity index (χ0) is 15.9. The number of aromatic nitrogens is 6. The van der Waals surface area contributed by atoms with E-state index in [4.69, 9.17) is 11.6 Å². The molecule has 23 heavy (non-hydrogen) atoms. The average molecular weight is 331 g/mol. The lowest BCUT2D eigenvalue weighted by atomic mass is 9.84. The van der Waals surface area contributed by atoms with E-state index in [9.17, 15) is 5.11 Å². The van der Waals surface area contributed by atoms with Crippen LogP contribution in [0.1, 0.15) is 18.4 Å². The Morgan fingerprint density at radius 3 is 2.57 bits per heavy atom. The highest BCUT2D eigenvalue weighted by Gasteiger charge is 2.62. The Balaban J connectivity index is 1.82. The zero-order valence-corrected chi connectivity index (χ0v) is 13.0. The Kier molecular flexibility index (Phi) is 3.21. The van der Waals surface area contributed by atoms with Crippen LogP contribution in [0.4, 0.5) is 0 Å². The first-order valence-corrected chi connectivity index (χ1v) is 7.70. The van der Waals surface area contributed by atoms with Crippen LogP contribution in [0.5, 0.6) is 0 Å². The van der Waals surface area contributed by atoms with E-state index in [0.29, 0.717) is 0 Å². The molecular weight excluding hydrogens is 316 g/mol. The molecule has 1 aliphatic carbocycles. The van der Waals surface area contributed by atoms with Crippen molar-refractivity contribution < 1.29 is 5.11 Å². The third-order valence-electron chi connectivity index (χ3n) is 4.50. The van der Waals surface area contributed by atoms with Gasteiger partial charge < -0.3 is 5.11 Å². The molecule has 3 aromatic rings. The lowest BCUT2D eigenvalue weighted by molar-refractivity contribution is -0.0551. The number of nitrogens with zero attached hydrogens (tertiary/aromatic N) is 6. The summed E-state index contributed by atoms with van der Waals surface area (Å²) in [6, 6.07) is 9.56. The van der Waals surface area contributed by atoms with Crippen molar-refractivity contribution in [2.45, 2.75) is 30.5 Å². The summed E-state index contributed by atoms with van der Waals surface area (Å²) in [6.45, 7) is 0.272.